The minimum Gasteiger partial charge on any atom is -0.462 e. The lowest BCUT2D eigenvalue weighted by atomic mass is 10.1. The Balaban J connectivity index is 2.41. The molecule has 2 rings (SSSR count). The molecule has 0 saturated carbocycles. The van der Waals surface area contributed by atoms with Crippen molar-refractivity contribution >= 4 is 5.97 Å². The highest BCUT2D eigenvalue weighted by atomic mass is 16.5. The van der Waals surface area contributed by atoms with Gasteiger partial charge in [0.15, 0.2) is 0 Å². The Kier molecular flexibility index (Phi) is 3.62. The van der Waals surface area contributed by atoms with Crippen LogP contribution in [0.2, 0.25) is 0 Å². The second kappa shape index (κ2) is 5.36. The van der Waals surface area contributed by atoms with Gasteiger partial charge in [0.2, 0.25) is 0 Å². The summed E-state index contributed by atoms with van der Waals surface area (Å²) in [7, 11) is 0. The standard InChI is InChI=1S/C14H13N3O2/c1-3-19-14(18)12-8-16-17(9-12)13-6-10(2)4-5-11(13)7-15/h4-6,8-9H,3H2,1-2H3. The van der Waals surface area contributed by atoms with Crippen molar-refractivity contribution < 1.29 is 9.53 Å². The van der Waals surface area contributed by atoms with E-state index in [1.807, 2.05) is 19.1 Å². The van der Waals surface area contributed by atoms with Crippen molar-refractivity contribution in [1.82, 2.24) is 9.78 Å². The van der Waals surface area contributed by atoms with Crippen molar-refractivity contribution in [2.45, 2.75) is 13.8 Å². The zero-order chi connectivity index (χ0) is 13.8. The van der Waals surface area contributed by atoms with Gasteiger partial charge in [0.05, 0.1) is 29.6 Å². The molecule has 0 fully saturated rings. The second-order valence-corrected chi connectivity index (χ2v) is 4.03. The molecule has 0 N–H and O–H groups in total. The van der Waals surface area contributed by atoms with Crippen molar-refractivity contribution in [3.8, 4) is 11.8 Å². The minimum absolute atomic E-state index is 0.317. The van der Waals surface area contributed by atoms with Gasteiger partial charge in [-0.05, 0) is 31.5 Å². The molecule has 0 amide bonds. The first-order valence-corrected chi connectivity index (χ1v) is 5.88. The average molecular weight is 255 g/mol. The first-order valence-electron chi connectivity index (χ1n) is 5.88. The van der Waals surface area contributed by atoms with Gasteiger partial charge in [-0.15, -0.1) is 0 Å². The zero-order valence-corrected chi connectivity index (χ0v) is 10.8. The van der Waals surface area contributed by atoms with Crippen LogP contribution in [-0.4, -0.2) is 22.4 Å². The van der Waals surface area contributed by atoms with Crippen molar-refractivity contribution in [3.05, 3.63) is 47.3 Å². The molecule has 1 aromatic carbocycles. The third-order valence-electron chi connectivity index (χ3n) is 2.61. The quantitative estimate of drug-likeness (QED) is 0.789. The summed E-state index contributed by atoms with van der Waals surface area (Å²) >= 11 is 0. The van der Waals surface area contributed by atoms with Crippen LogP contribution < -0.4 is 0 Å². The molecule has 5 nitrogen and oxygen atoms in total. The summed E-state index contributed by atoms with van der Waals surface area (Å²) in [5.74, 6) is -0.417. The first-order chi connectivity index (χ1) is 9.15. The van der Waals surface area contributed by atoms with Gasteiger partial charge in [0.25, 0.3) is 0 Å². The molecule has 0 unspecified atom stereocenters. The lowest BCUT2D eigenvalue weighted by molar-refractivity contribution is 0.0526. The molecule has 1 heterocycles. The minimum atomic E-state index is -0.417. The van der Waals surface area contributed by atoms with Crippen LogP contribution in [0.25, 0.3) is 5.69 Å². The van der Waals surface area contributed by atoms with Gasteiger partial charge >= 0.3 is 5.97 Å². The van der Waals surface area contributed by atoms with Gasteiger partial charge in [-0.3, -0.25) is 0 Å². The van der Waals surface area contributed by atoms with E-state index in [2.05, 4.69) is 11.2 Å². The first kappa shape index (κ1) is 12.8. The monoisotopic (exact) mass is 255 g/mol. The SMILES string of the molecule is CCOC(=O)c1cnn(-c2cc(C)ccc2C#N)c1. The van der Waals surface area contributed by atoms with Gasteiger partial charge in [-0.1, -0.05) is 6.07 Å². The van der Waals surface area contributed by atoms with Crippen LogP contribution in [0.15, 0.2) is 30.6 Å². The zero-order valence-electron chi connectivity index (χ0n) is 10.8. The molecule has 0 bridgehead atoms. The lowest BCUT2D eigenvalue weighted by Crippen LogP contribution is -2.03. The number of aromatic nitrogens is 2. The van der Waals surface area contributed by atoms with E-state index >= 15 is 0 Å². The fourth-order valence-corrected chi connectivity index (χ4v) is 1.70. The Labute approximate surface area is 111 Å². The maximum atomic E-state index is 11.6. The highest BCUT2D eigenvalue weighted by molar-refractivity contribution is 5.88. The summed E-state index contributed by atoms with van der Waals surface area (Å²) in [6, 6.07) is 7.55. The van der Waals surface area contributed by atoms with Gasteiger partial charge in [-0.2, -0.15) is 10.4 Å². The van der Waals surface area contributed by atoms with E-state index in [0.717, 1.165) is 5.56 Å². The number of nitrogens with zero attached hydrogens (tertiary/aromatic N) is 3. The Morgan fingerprint density at radius 3 is 3.00 bits per heavy atom. The normalized spacial score (nSPS) is 9.95. The van der Waals surface area contributed by atoms with Crippen LogP contribution in [-0.2, 0) is 4.74 Å². The second-order valence-electron chi connectivity index (χ2n) is 4.03. The predicted molar refractivity (Wildman–Crippen MR) is 69.0 cm³/mol. The summed E-state index contributed by atoms with van der Waals surface area (Å²) in [4.78, 5) is 11.6. The fraction of sp³-hybridized carbons (Fsp3) is 0.214. The van der Waals surface area contributed by atoms with Crippen LogP contribution in [0.1, 0.15) is 28.4 Å². The smallest absolute Gasteiger partial charge is 0.341 e. The number of carbonyl (C=O) groups is 1. The molecule has 0 aliphatic carbocycles. The summed E-state index contributed by atoms with van der Waals surface area (Å²) in [5, 5.41) is 13.2. The topological polar surface area (TPSA) is 67.9 Å². The van der Waals surface area contributed by atoms with Gasteiger partial charge in [-0.25, -0.2) is 9.48 Å². The molecule has 0 radical (unpaired) electrons. The van der Waals surface area contributed by atoms with Gasteiger partial charge in [0, 0.05) is 6.20 Å². The summed E-state index contributed by atoms with van der Waals surface area (Å²) < 4.78 is 6.41. The number of hydrogen-bond donors (Lipinski definition) is 0. The largest absolute Gasteiger partial charge is 0.462 e. The van der Waals surface area contributed by atoms with Crippen LogP contribution in [0.4, 0.5) is 0 Å². The van der Waals surface area contributed by atoms with E-state index in [-0.39, 0.29) is 0 Å². The summed E-state index contributed by atoms with van der Waals surface area (Å²) in [6.45, 7) is 4.00. The molecule has 0 aliphatic rings. The Hall–Kier alpha value is -2.61. The van der Waals surface area contributed by atoms with E-state index in [1.165, 1.54) is 10.9 Å². The number of nitriles is 1. The third kappa shape index (κ3) is 2.63. The molecular weight excluding hydrogens is 242 g/mol. The summed E-state index contributed by atoms with van der Waals surface area (Å²) in [6.07, 6.45) is 3.00. The molecule has 0 atom stereocenters. The van der Waals surface area contributed by atoms with E-state index < -0.39 is 5.97 Å². The van der Waals surface area contributed by atoms with Crippen molar-refractivity contribution in [2.75, 3.05) is 6.61 Å². The molecule has 0 aliphatic heterocycles. The lowest BCUT2D eigenvalue weighted by Gasteiger charge is -2.04. The van der Waals surface area contributed by atoms with Crippen molar-refractivity contribution in [1.29, 1.82) is 5.26 Å². The van der Waals surface area contributed by atoms with Gasteiger partial charge < -0.3 is 4.74 Å². The molecule has 0 spiro atoms. The van der Waals surface area contributed by atoms with Crippen molar-refractivity contribution in [3.63, 3.8) is 0 Å². The van der Waals surface area contributed by atoms with Crippen LogP contribution >= 0.6 is 0 Å². The van der Waals surface area contributed by atoms with Crippen molar-refractivity contribution in [2.24, 2.45) is 0 Å². The molecular formula is C14H13N3O2. The number of rotatable bonds is 3. The Bertz CT molecular complexity index is 653. The predicted octanol–water partition coefficient (Wildman–Crippen LogP) is 2.23. The molecule has 5 heteroatoms. The van der Waals surface area contributed by atoms with E-state index in [4.69, 9.17) is 10.00 Å². The van der Waals surface area contributed by atoms with Gasteiger partial charge in [0.1, 0.15) is 6.07 Å². The third-order valence-corrected chi connectivity index (χ3v) is 2.61. The number of ether oxygens (including phenoxy) is 1. The van der Waals surface area contributed by atoms with E-state index in [1.54, 1.807) is 19.2 Å². The highest BCUT2D eigenvalue weighted by Gasteiger charge is 2.12. The summed E-state index contributed by atoms with van der Waals surface area (Å²) in [5.41, 5.74) is 2.54. The maximum absolute atomic E-state index is 11.6. The van der Waals surface area contributed by atoms with E-state index in [0.29, 0.717) is 23.4 Å². The maximum Gasteiger partial charge on any atom is 0.341 e. The average Bonchev–Trinajstić information content (AvgIpc) is 2.88. The molecule has 19 heavy (non-hydrogen) atoms. The highest BCUT2D eigenvalue weighted by Crippen LogP contribution is 2.16. The molecule has 2 aromatic rings. The Morgan fingerprint density at radius 1 is 1.53 bits per heavy atom. The fourth-order valence-electron chi connectivity index (χ4n) is 1.70. The van der Waals surface area contributed by atoms with E-state index in [9.17, 15) is 4.79 Å². The van der Waals surface area contributed by atoms with Crippen LogP contribution in [0.3, 0.4) is 0 Å². The molecule has 96 valence electrons. The Morgan fingerprint density at radius 2 is 2.32 bits per heavy atom. The number of benzene rings is 1. The number of esters is 1. The number of hydrogen-bond acceptors (Lipinski definition) is 4. The van der Waals surface area contributed by atoms with Crippen LogP contribution in [0.5, 0.6) is 0 Å². The number of carbonyl (C=O) groups excluding carboxylic acids is 1. The molecule has 1 aromatic heterocycles. The molecule has 0 saturated heterocycles. The number of aryl methyl sites for hydroxylation is 1. The van der Waals surface area contributed by atoms with Crippen LogP contribution in [0, 0.1) is 18.3 Å².